The Morgan fingerprint density at radius 3 is 2.33 bits per heavy atom. The molecule has 1 saturated heterocycles. The molecule has 7 nitrogen and oxygen atoms in total. The molecule has 7 heteroatoms. The van der Waals surface area contributed by atoms with Crippen molar-refractivity contribution in [1.82, 2.24) is 24.8 Å². The molecule has 0 spiro atoms. The van der Waals surface area contributed by atoms with Gasteiger partial charge in [0.1, 0.15) is 17.0 Å². The highest BCUT2D eigenvalue weighted by Crippen LogP contribution is 2.28. The lowest BCUT2D eigenvalue weighted by Crippen LogP contribution is -2.44. The first kappa shape index (κ1) is 18.4. The highest BCUT2D eigenvalue weighted by atomic mass is 15.3. The van der Waals surface area contributed by atoms with Gasteiger partial charge in [0, 0.05) is 43.5 Å². The van der Waals surface area contributed by atoms with Crippen LogP contribution in [0.25, 0.3) is 33.5 Å². The van der Waals surface area contributed by atoms with Crippen molar-refractivity contribution in [2.45, 2.75) is 0 Å². The molecular weight excluding hydrogens is 374 g/mol. The van der Waals surface area contributed by atoms with E-state index in [0.717, 1.165) is 65.5 Å². The highest BCUT2D eigenvalue weighted by Gasteiger charge is 2.16. The maximum atomic E-state index is 5.94. The van der Waals surface area contributed by atoms with Gasteiger partial charge in [-0.2, -0.15) is 0 Å². The lowest BCUT2D eigenvalue weighted by molar-refractivity contribution is 0.312. The van der Waals surface area contributed by atoms with E-state index in [9.17, 15) is 0 Å². The Labute approximate surface area is 175 Å². The Kier molecular flexibility index (Phi) is 4.72. The zero-order valence-corrected chi connectivity index (χ0v) is 16.9. The zero-order chi connectivity index (χ0) is 20.5. The van der Waals surface area contributed by atoms with Gasteiger partial charge in [-0.15, -0.1) is 0 Å². The summed E-state index contributed by atoms with van der Waals surface area (Å²) in [5, 5.41) is 0. The van der Waals surface area contributed by atoms with Gasteiger partial charge in [0.15, 0.2) is 0 Å². The van der Waals surface area contributed by atoms with Crippen LogP contribution in [0.3, 0.4) is 0 Å². The molecule has 0 atom stereocenters. The fourth-order valence-electron chi connectivity index (χ4n) is 3.75. The Balaban J connectivity index is 1.51. The van der Waals surface area contributed by atoms with Crippen molar-refractivity contribution < 1.29 is 0 Å². The number of nitrogens with two attached hydrogens (primary N) is 1. The van der Waals surface area contributed by atoms with Crippen LogP contribution in [-0.2, 0) is 0 Å². The molecule has 150 valence electrons. The molecule has 4 aromatic rings. The predicted octanol–water partition coefficient (Wildman–Crippen LogP) is 3.09. The van der Waals surface area contributed by atoms with Gasteiger partial charge in [0.2, 0.25) is 5.95 Å². The quantitative estimate of drug-likeness (QED) is 0.569. The van der Waals surface area contributed by atoms with Crippen LogP contribution in [-0.4, -0.2) is 58.1 Å². The first-order valence-corrected chi connectivity index (χ1v) is 10.1. The summed E-state index contributed by atoms with van der Waals surface area (Å²) in [4.78, 5) is 23.0. The number of benzene rings is 1. The topological polar surface area (TPSA) is 84.1 Å². The van der Waals surface area contributed by atoms with Gasteiger partial charge in [-0.1, -0.05) is 30.3 Å². The molecule has 0 saturated carbocycles. The van der Waals surface area contributed by atoms with Gasteiger partial charge in [-0.05, 0) is 31.3 Å². The van der Waals surface area contributed by atoms with E-state index < -0.39 is 0 Å². The van der Waals surface area contributed by atoms with Crippen molar-refractivity contribution in [2.75, 3.05) is 43.9 Å². The van der Waals surface area contributed by atoms with Crippen molar-refractivity contribution >= 4 is 22.8 Å². The van der Waals surface area contributed by atoms with Gasteiger partial charge >= 0.3 is 0 Å². The molecule has 1 aromatic carbocycles. The lowest BCUT2D eigenvalue weighted by Gasteiger charge is -2.33. The molecule has 30 heavy (non-hydrogen) atoms. The molecule has 0 aliphatic carbocycles. The summed E-state index contributed by atoms with van der Waals surface area (Å²) >= 11 is 0. The van der Waals surface area contributed by atoms with Crippen LogP contribution < -0.4 is 10.6 Å². The van der Waals surface area contributed by atoms with Crippen molar-refractivity contribution in [1.29, 1.82) is 0 Å². The van der Waals surface area contributed by atoms with Crippen molar-refractivity contribution in [3.05, 3.63) is 60.8 Å². The van der Waals surface area contributed by atoms with Gasteiger partial charge in [-0.25, -0.2) is 19.9 Å². The second-order valence-corrected chi connectivity index (χ2v) is 7.56. The largest absolute Gasteiger partial charge is 0.368 e. The van der Waals surface area contributed by atoms with E-state index in [1.807, 2.05) is 48.7 Å². The smallest absolute Gasteiger partial charge is 0.221 e. The van der Waals surface area contributed by atoms with E-state index in [-0.39, 0.29) is 5.95 Å². The molecular formula is C23H23N7. The summed E-state index contributed by atoms with van der Waals surface area (Å²) in [5.41, 5.74) is 10.9. The average Bonchev–Trinajstić information content (AvgIpc) is 2.79. The van der Waals surface area contributed by atoms with Gasteiger partial charge in [0.25, 0.3) is 0 Å². The minimum absolute atomic E-state index is 0.245. The third kappa shape index (κ3) is 3.55. The number of aromatic nitrogens is 4. The molecule has 0 unspecified atom stereocenters. The number of nitrogens with zero attached hydrogens (tertiary/aromatic N) is 6. The Morgan fingerprint density at radius 2 is 1.60 bits per heavy atom. The summed E-state index contributed by atoms with van der Waals surface area (Å²) in [6.45, 7) is 4.11. The molecule has 2 N–H and O–H groups in total. The molecule has 1 fully saturated rings. The molecule has 4 heterocycles. The summed E-state index contributed by atoms with van der Waals surface area (Å²) in [5.74, 6) is 1.25. The van der Waals surface area contributed by atoms with Gasteiger partial charge < -0.3 is 15.5 Å². The fraction of sp³-hybridized carbons (Fsp3) is 0.217. The van der Waals surface area contributed by atoms with E-state index in [1.165, 1.54) is 0 Å². The monoisotopic (exact) mass is 397 g/mol. The molecule has 0 radical (unpaired) electrons. The van der Waals surface area contributed by atoms with E-state index in [4.69, 9.17) is 15.7 Å². The van der Waals surface area contributed by atoms with Crippen molar-refractivity contribution in [2.24, 2.45) is 0 Å². The van der Waals surface area contributed by atoms with Crippen LogP contribution in [0.1, 0.15) is 0 Å². The number of hydrogen-bond donors (Lipinski definition) is 1. The van der Waals surface area contributed by atoms with Crippen LogP contribution in [0.5, 0.6) is 0 Å². The van der Waals surface area contributed by atoms with E-state index in [2.05, 4.69) is 38.9 Å². The Morgan fingerprint density at radius 1 is 0.800 bits per heavy atom. The minimum Gasteiger partial charge on any atom is -0.368 e. The predicted molar refractivity (Wildman–Crippen MR) is 120 cm³/mol. The number of hydrogen-bond acceptors (Lipinski definition) is 7. The number of anilines is 2. The fourth-order valence-corrected chi connectivity index (χ4v) is 3.75. The van der Waals surface area contributed by atoms with Gasteiger partial charge in [-0.3, -0.25) is 0 Å². The number of rotatable bonds is 3. The van der Waals surface area contributed by atoms with E-state index in [1.54, 1.807) is 0 Å². The first-order valence-electron chi connectivity index (χ1n) is 10.1. The molecule has 1 aliphatic heterocycles. The molecule has 1 aliphatic rings. The summed E-state index contributed by atoms with van der Waals surface area (Å²) in [7, 11) is 2.15. The second kappa shape index (κ2) is 7.68. The summed E-state index contributed by atoms with van der Waals surface area (Å²) in [6, 6.07) is 18.0. The van der Waals surface area contributed by atoms with E-state index in [0.29, 0.717) is 0 Å². The standard InChI is InChI=1S/C23H23N7/c1-29-11-13-30(14-12-29)20-10-7-17(15-25-20)18-8-9-19-22(26-18)21(28-23(24)27-19)16-5-3-2-4-6-16/h2-10,15H,11-14H2,1H3,(H2,24,27,28). The zero-order valence-electron chi connectivity index (χ0n) is 16.9. The summed E-state index contributed by atoms with van der Waals surface area (Å²) < 4.78 is 0. The number of pyridine rings is 2. The third-order valence-corrected chi connectivity index (χ3v) is 5.48. The second-order valence-electron chi connectivity index (χ2n) is 7.56. The van der Waals surface area contributed by atoms with Crippen LogP contribution in [0.15, 0.2) is 60.8 Å². The van der Waals surface area contributed by atoms with Crippen molar-refractivity contribution in [3.8, 4) is 22.5 Å². The highest BCUT2D eigenvalue weighted by molar-refractivity contribution is 5.91. The normalized spacial score (nSPS) is 14.9. The number of fused-ring (bicyclic) bond motifs is 1. The number of piperazine rings is 1. The van der Waals surface area contributed by atoms with E-state index >= 15 is 0 Å². The van der Waals surface area contributed by atoms with Crippen molar-refractivity contribution in [3.63, 3.8) is 0 Å². The first-order chi connectivity index (χ1) is 14.7. The minimum atomic E-state index is 0.245. The summed E-state index contributed by atoms with van der Waals surface area (Å²) in [6.07, 6.45) is 1.89. The Bertz CT molecular complexity index is 1170. The van der Waals surface area contributed by atoms with Crippen LogP contribution in [0, 0.1) is 0 Å². The lowest BCUT2D eigenvalue weighted by atomic mass is 10.1. The van der Waals surface area contributed by atoms with Crippen LogP contribution in [0.4, 0.5) is 11.8 Å². The molecule has 0 bridgehead atoms. The molecule has 5 rings (SSSR count). The SMILES string of the molecule is CN1CCN(c2ccc(-c3ccc4nc(N)nc(-c5ccccc5)c4n3)cn2)CC1. The maximum absolute atomic E-state index is 5.94. The van der Waals surface area contributed by atoms with Crippen LogP contribution >= 0.6 is 0 Å². The average molecular weight is 397 g/mol. The molecule has 0 amide bonds. The number of nitrogen functional groups attached to an aromatic ring is 1. The number of likely N-dealkylation sites (N-methyl/N-ethyl adjacent to an activating group) is 1. The van der Waals surface area contributed by atoms with Crippen LogP contribution in [0.2, 0.25) is 0 Å². The maximum Gasteiger partial charge on any atom is 0.221 e. The Hall–Kier alpha value is -3.58. The van der Waals surface area contributed by atoms with Gasteiger partial charge in [0.05, 0.1) is 11.2 Å². The third-order valence-electron chi connectivity index (χ3n) is 5.48. The molecule has 3 aromatic heterocycles.